The van der Waals surface area contributed by atoms with Crippen LogP contribution in [0.3, 0.4) is 0 Å². The minimum absolute atomic E-state index is 0.568. The standard InChI is InChI=1S/C25H26N2O4/c1-28-21-11-6-7-12-23(21)31-16-8-15-27-20-10-5-4-9-19(20)26-25(27)18-13-14-22(29-2)24(17-18)30-3/h4-7,9-14,17H,8,15-16H2,1-3H3. The molecule has 0 spiro atoms. The van der Waals surface area contributed by atoms with Gasteiger partial charge in [0.25, 0.3) is 0 Å². The van der Waals surface area contributed by atoms with Crippen molar-refractivity contribution in [1.82, 2.24) is 9.55 Å². The first-order valence-electron chi connectivity index (χ1n) is 10.2. The Kier molecular flexibility index (Phi) is 6.26. The van der Waals surface area contributed by atoms with E-state index in [0.29, 0.717) is 18.1 Å². The lowest BCUT2D eigenvalue weighted by Crippen LogP contribution is -2.06. The third kappa shape index (κ3) is 4.28. The van der Waals surface area contributed by atoms with Crippen molar-refractivity contribution in [2.24, 2.45) is 0 Å². The van der Waals surface area contributed by atoms with Gasteiger partial charge in [0, 0.05) is 12.1 Å². The van der Waals surface area contributed by atoms with Gasteiger partial charge in [-0.15, -0.1) is 0 Å². The second-order valence-corrected chi connectivity index (χ2v) is 7.00. The maximum Gasteiger partial charge on any atom is 0.161 e. The zero-order valence-electron chi connectivity index (χ0n) is 18.0. The number of rotatable bonds is 9. The second kappa shape index (κ2) is 9.43. The van der Waals surface area contributed by atoms with Crippen LogP contribution in [0, 0.1) is 0 Å². The van der Waals surface area contributed by atoms with E-state index in [4.69, 9.17) is 23.9 Å². The predicted octanol–water partition coefficient (Wildman–Crippen LogP) is 5.20. The van der Waals surface area contributed by atoms with Crippen LogP contribution in [-0.4, -0.2) is 37.5 Å². The van der Waals surface area contributed by atoms with Crippen molar-refractivity contribution in [3.63, 3.8) is 0 Å². The highest BCUT2D eigenvalue weighted by molar-refractivity contribution is 5.81. The van der Waals surface area contributed by atoms with Crippen molar-refractivity contribution < 1.29 is 18.9 Å². The molecule has 31 heavy (non-hydrogen) atoms. The zero-order chi connectivity index (χ0) is 21.6. The smallest absolute Gasteiger partial charge is 0.161 e. The van der Waals surface area contributed by atoms with E-state index >= 15 is 0 Å². The van der Waals surface area contributed by atoms with Gasteiger partial charge in [0.2, 0.25) is 0 Å². The normalized spacial score (nSPS) is 10.8. The van der Waals surface area contributed by atoms with Crippen LogP contribution in [0.1, 0.15) is 6.42 Å². The average molecular weight is 418 g/mol. The van der Waals surface area contributed by atoms with Crippen LogP contribution in [0.5, 0.6) is 23.0 Å². The highest BCUT2D eigenvalue weighted by Crippen LogP contribution is 2.33. The summed E-state index contributed by atoms with van der Waals surface area (Å²) in [6, 6.07) is 21.7. The Morgan fingerprint density at radius 3 is 2.19 bits per heavy atom. The number of aromatic nitrogens is 2. The number of hydrogen-bond acceptors (Lipinski definition) is 5. The number of aryl methyl sites for hydroxylation is 1. The molecule has 0 atom stereocenters. The van der Waals surface area contributed by atoms with Crippen LogP contribution < -0.4 is 18.9 Å². The quantitative estimate of drug-likeness (QED) is 0.350. The number of benzene rings is 3. The lowest BCUT2D eigenvalue weighted by Gasteiger charge is -2.13. The summed E-state index contributed by atoms with van der Waals surface area (Å²) >= 11 is 0. The summed E-state index contributed by atoms with van der Waals surface area (Å²) in [5.41, 5.74) is 3.02. The number of hydrogen-bond donors (Lipinski definition) is 0. The number of methoxy groups -OCH3 is 3. The monoisotopic (exact) mass is 418 g/mol. The summed E-state index contributed by atoms with van der Waals surface area (Å²) in [4.78, 5) is 4.88. The Labute approximate surface area is 182 Å². The van der Waals surface area contributed by atoms with Gasteiger partial charge in [0.05, 0.1) is 39.0 Å². The van der Waals surface area contributed by atoms with Gasteiger partial charge in [0.15, 0.2) is 23.0 Å². The summed E-state index contributed by atoms with van der Waals surface area (Å²) in [5, 5.41) is 0. The Morgan fingerprint density at radius 1 is 0.742 bits per heavy atom. The molecular formula is C25H26N2O4. The van der Waals surface area contributed by atoms with Gasteiger partial charge in [-0.05, 0) is 48.9 Å². The molecule has 0 radical (unpaired) electrons. The van der Waals surface area contributed by atoms with E-state index in [9.17, 15) is 0 Å². The van der Waals surface area contributed by atoms with Crippen molar-refractivity contribution in [3.05, 3.63) is 66.7 Å². The first kappa shape index (κ1) is 20.6. The molecule has 0 aliphatic rings. The van der Waals surface area contributed by atoms with Gasteiger partial charge in [0.1, 0.15) is 5.82 Å². The number of para-hydroxylation sites is 4. The minimum Gasteiger partial charge on any atom is -0.493 e. The zero-order valence-corrected chi connectivity index (χ0v) is 18.0. The van der Waals surface area contributed by atoms with Gasteiger partial charge < -0.3 is 23.5 Å². The van der Waals surface area contributed by atoms with Crippen molar-refractivity contribution in [2.45, 2.75) is 13.0 Å². The molecule has 6 heteroatoms. The van der Waals surface area contributed by atoms with Crippen LogP contribution in [0.4, 0.5) is 0 Å². The Bertz CT molecular complexity index is 1170. The van der Waals surface area contributed by atoms with E-state index in [0.717, 1.165) is 46.9 Å². The van der Waals surface area contributed by atoms with Gasteiger partial charge in [-0.1, -0.05) is 24.3 Å². The number of nitrogens with zero attached hydrogens (tertiary/aromatic N) is 2. The van der Waals surface area contributed by atoms with Crippen LogP contribution in [0.2, 0.25) is 0 Å². The summed E-state index contributed by atoms with van der Waals surface area (Å²) in [7, 11) is 4.92. The lowest BCUT2D eigenvalue weighted by atomic mass is 10.2. The molecule has 0 N–H and O–H groups in total. The fourth-order valence-electron chi connectivity index (χ4n) is 3.64. The Morgan fingerprint density at radius 2 is 1.42 bits per heavy atom. The maximum absolute atomic E-state index is 5.96. The highest BCUT2D eigenvalue weighted by Gasteiger charge is 2.15. The van der Waals surface area contributed by atoms with Crippen molar-refractivity contribution >= 4 is 11.0 Å². The molecule has 4 aromatic rings. The van der Waals surface area contributed by atoms with E-state index in [2.05, 4.69) is 10.6 Å². The minimum atomic E-state index is 0.568. The molecule has 0 saturated carbocycles. The molecule has 0 amide bonds. The van der Waals surface area contributed by atoms with Gasteiger partial charge in [-0.2, -0.15) is 0 Å². The summed E-state index contributed by atoms with van der Waals surface area (Å²) in [6.45, 7) is 1.33. The molecule has 3 aromatic carbocycles. The second-order valence-electron chi connectivity index (χ2n) is 7.00. The third-order valence-corrected chi connectivity index (χ3v) is 5.15. The van der Waals surface area contributed by atoms with Gasteiger partial charge in [-0.3, -0.25) is 0 Å². The van der Waals surface area contributed by atoms with Crippen molar-refractivity contribution in [3.8, 4) is 34.4 Å². The van der Waals surface area contributed by atoms with E-state index < -0.39 is 0 Å². The molecule has 1 heterocycles. The molecule has 0 fully saturated rings. The largest absolute Gasteiger partial charge is 0.493 e. The molecule has 0 bridgehead atoms. The first-order valence-corrected chi connectivity index (χ1v) is 10.2. The predicted molar refractivity (Wildman–Crippen MR) is 121 cm³/mol. The lowest BCUT2D eigenvalue weighted by molar-refractivity contribution is 0.283. The van der Waals surface area contributed by atoms with Gasteiger partial charge >= 0.3 is 0 Å². The summed E-state index contributed by atoms with van der Waals surface area (Å²) < 4.78 is 24.4. The fourth-order valence-corrected chi connectivity index (χ4v) is 3.64. The number of imidazole rings is 1. The molecule has 0 saturated heterocycles. The van der Waals surface area contributed by atoms with E-state index in [1.807, 2.05) is 60.7 Å². The number of fused-ring (bicyclic) bond motifs is 1. The summed E-state index contributed by atoms with van der Waals surface area (Å²) in [5.74, 6) is 3.75. The SMILES string of the molecule is COc1ccc(-c2nc3ccccc3n2CCCOc2ccccc2OC)cc1OC. The highest BCUT2D eigenvalue weighted by atomic mass is 16.5. The van der Waals surface area contributed by atoms with Crippen LogP contribution in [-0.2, 0) is 6.54 Å². The van der Waals surface area contributed by atoms with Crippen LogP contribution in [0.15, 0.2) is 66.7 Å². The molecule has 160 valence electrons. The molecule has 0 aliphatic heterocycles. The Hall–Kier alpha value is -3.67. The molecular weight excluding hydrogens is 392 g/mol. The Balaban J connectivity index is 1.59. The van der Waals surface area contributed by atoms with Crippen LogP contribution >= 0.6 is 0 Å². The maximum atomic E-state index is 5.96. The molecule has 0 aliphatic carbocycles. The molecule has 6 nitrogen and oxygen atoms in total. The first-order chi connectivity index (χ1) is 15.2. The molecule has 0 unspecified atom stereocenters. The molecule has 1 aromatic heterocycles. The van der Waals surface area contributed by atoms with E-state index in [1.54, 1.807) is 21.3 Å². The van der Waals surface area contributed by atoms with Crippen LogP contribution in [0.25, 0.3) is 22.4 Å². The average Bonchev–Trinajstić information content (AvgIpc) is 3.20. The van der Waals surface area contributed by atoms with E-state index in [1.165, 1.54) is 0 Å². The number of ether oxygens (including phenoxy) is 4. The summed E-state index contributed by atoms with van der Waals surface area (Å²) in [6.07, 6.45) is 0.818. The van der Waals surface area contributed by atoms with E-state index in [-0.39, 0.29) is 0 Å². The van der Waals surface area contributed by atoms with Crippen molar-refractivity contribution in [1.29, 1.82) is 0 Å². The fraction of sp³-hybridized carbons (Fsp3) is 0.240. The third-order valence-electron chi connectivity index (χ3n) is 5.15. The van der Waals surface area contributed by atoms with Gasteiger partial charge in [-0.25, -0.2) is 4.98 Å². The topological polar surface area (TPSA) is 54.7 Å². The van der Waals surface area contributed by atoms with Crippen molar-refractivity contribution in [2.75, 3.05) is 27.9 Å². The molecule has 4 rings (SSSR count).